The summed E-state index contributed by atoms with van der Waals surface area (Å²) >= 11 is 0. The number of esters is 1. The summed E-state index contributed by atoms with van der Waals surface area (Å²) in [7, 11) is 0. The van der Waals surface area contributed by atoms with Gasteiger partial charge in [0.05, 0.1) is 0 Å². The summed E-state index contributed by atoms with van der Waals surface area (Å²) in [5.41, 5.74) is 0. The minimum absolute atomic E-state index is 0.217. The van der Waals surface area contributed by atoms with Crippen molar-refractivity contribution in [3.63, 3.8) is 0 Å². The largest absolute Gasteiger partial charge is 0.479 e. The van der Waals surface area contributed by atoms with Crippen LogP contribution in [0.3, 0.4) is 0 Å². The molecule has 0 aliphatic heterocycles. The van der Waals surface area contributed by atoms with Crippen molar-refractivity contribution < 1.29 is 45.0 Å². The predicted molar refractivity (Wildman–Crippen MR) is 49.2 cm³/mol. The maximum atomic E-state index is 11.1. The third kappa shape index (κ3) is 4.63. The van der Waals surface area contributed by atoms with Crippen LogP contribution in [0.25, 0.3) is 0 Å². The zero-order chi connectivity index (χ0) is 13.8. The Morgan fingerprint density at radius 1 is 1.18 bits per heavy atom. The van der Waals surface area contributed by atoms with Gasteiger partial charge in [-0.2, -0.15) is 0 Å². The summed E-state index contributed by atoms with van der Waals surface area (Å²) in [6, 6.07) is 0. The number of ether oxygens (including phenoxy) is 1. The van der Waals surface area contributed by atoms with E-state index in [9.17, 15) is 9.59 Å². The van der Waals surface area contributed by atoms with Crippen molar-refractivity contribution in [2.45, 2.75) is 37.6 Å². The average molecular weight is 254 g/mol. The molecule has 9 nitrogen and oxygen atoms in total. The number of aliphatic hydroxyl groups excluding tert-OH is 2. The van der Waals surface area contributed by atoms with Gasteiger partial charge in [0.15, 0.2) is 18.3 Å². The Balaban J connectivity index is 4.58. The fourth-order valence-corrected chi connectivity index (χ4v) is 0.910. The smallest absolute Gasteiger partial charge is 0.338 e. The fourth-order valence-electron chi connectivity index (χ4n) is 0.910. The molecular weight excluding hydrogens is 240 g/mol. The summed E-state index contributed by atoms with van der Waals surface area (Å²) in [5.74, 6) is -6.78. The van der Waals surface area contributed by atoms with E-state index in [1.807, 2.05) is 0 Å². The molecule has 0 bridgehead atoms. The van der Waals surface area contributed by atoms with E-state index in [-0.39, 0.29) is 6.42 Å². The third-order valence-corrected chi connectivity index (χ3v) is 1.85. The fraction of sp³-hybridized carbons (Fsp3) is 0.750. The number of carbonyl (C=O) groups is 2. The van der Waals surface area contributed by atoms with Gasteiger partial charge in [0.1, 0.15) is 0 Å². The average Bonchev–Trinajstić information content (AvgIpc) is 2.21. The normalized spacial score (nSPS) is 17.1. The minimum atomic E-state index is -3.32. The van der Waals surface area contributed by atoms with E-state index < -0.39 is 36.2 Å². The van der Waals surface area contributed by atoms with E-state index in [1.54, 1.807) is 0 Å². The summed E-state index contributed by atoms with van der Waals surface area (Å²) < 4.78 is 4.23. The van der Waals surface area contributed by atoms with Gasteiger partial charge in [-0.05, 0) is 6.42 Å². The second-order valence-electron chi connectivity index (χ2n) is 3.25. The monoisotopic (exact) mass is 254 g/mol. The van der Waals surface area contributed by atoms with Crippen LogP contribution < -0.4 is 0 Å². The molecular formula is C8H14O9. The Labute approximate surface area is 95.5 Å². The summed E-state index contributed by atoms with van der Waals surface area (Å²) in [5, 5.41) is 52.3. The molecule has 0 aromatic heterocycles. The maximum Gasteiger partial charge on any atom is 0.338 e. The van der Waals surface area contributed by atoms with Gasteiger partial charge in [-0.15, -0.1) is 0 Å². The molecule has 0 aromatic rings. The van der Waals surface area contributed by atoms with Crippen LogP contribution in [-0.4, -0.2) is 66.9 Å². The minimum Gasteiger partial charge on any atom is -0.479 e. The van der Waals surface area contributed by atoms with E-state index in [1.165, 1.54) is 6.92 Å². The first-order valence-electron chi connectivity index (χ1n) is 4.57. The lowest BCUT2D eigenvalue weighted by atomic mass is 10.2. The van der Waals surface area contributed by atoms with Gasteiger partial charge in [-0.25, -0.2) is 9.59 Å². The summed E-state index contributed by atoms with van der Waals surface area (Å²) in [4.78, 5) is 21.3. The number of carbonyl (C=O) groups excluding carboxylic acids is 1. The number of carboxylic acid groups (broad SMARTS) is 1. The van der Waals surface area contributed by atoms with Gasteiger partial charge in [0, 0.05) is 0 Å². The molecule has 100 valence electrons. The molecule has 6 N–H and O–H groups in total. The number of carboxylic acids is 1. The number of aliphatic hydroxyl groups is 5. The van der Waals surface area contributed by atoms with Crippen molar-refractivity contribution in [2.75, 3.05) is 0 Å². The van der Waals surface area contributed by atoms with Crippen LogP contribution in [0.15, 0.2) is 0 Å². The molecule has 0 rings (SSSR count). The lowest BCUT2D eigenvalue weighted by molar-refractivity contribution is -0.356. The predicted octanol–water partition coefficient (Wildman–Crippen LogP) is -3.25. The van der Waals surface area contributed by atoms with E-state index >= 15 is 0 Å². The third-order valence-electron chi connectivity index (χ3n) is 1.85. The van der Waals surface area contributed by atoms with Crippen LogP contribution in [0.5, 0.6) is 0 Å². The van der Waals surface area contributed by atoms with Crippen LogP contribution in [0.2, 0.25) is 0 Å². The molecule has 0 saturated heterocycles. The molecule has 17 heavy (non-hydrogen) atoms. The molecule has 9 heteroatoms. The molecule has 0 radical (unpaired) electrons. The molecule has 3 unspecified atom stereocenters. The van der Waals surface area contributed by atoms with Crippen LogP contribution in [-0.2, 0) is 14.3 Å². The molecule has 0 spiro atoms. The lowest BCUT2D eigenvalue weighted by Gasteiger charge is -2.25. The highest BCUT2D eigenvalue weighted by atomic mass is 16.7. The molecule has 0 aliphatic carbocycles. The first-order chi connectivity index (χ1) is 7.61. The van der Waals surface area contributed by atoms with Crippen molar-refractivity contribution in [3.8, 4) is 0 Å². The number of hydrogen-bond acceptors (Lipinski definition) is 8. The van der Waals surface area contributed by atoms with Gasteiger partial charge >= 0.3 is 17.9 Å². The van der Waals surface area contributed by atoms with Crippen molar-refractivity contribution in [1.29, 1.82) is 0 Å². The Morgan fingerprint density at radius 2 is 1.65 bits per heavy atom. The summed E-state index contributed by atoms with van der Waals surface area (Å²) in [6.07, 6.45) is -6.81. The second kappa shape index (κ2) is 5.89. The van der Waals surface area contributed by atoms with Crippen LogP contribution in [0.4, 0.5) is 0 Å². The highest BCUT2D eigenvalue weighted by molar-refractivity contribution is 5.84. The highest BCUT2D eigenvalue weighted by Gasteiger charge is 2.38. The second-order valence-corrected chi connectivity index (χ2v) is 3.25. The number of rotatable bonds is 6. The molecule has 0 fully saturated rings. The molecule has 0 aromatic carbocycles. The van der Waals surface area contributed by atoms with Crippen LogP contribution >= 0.6 is 0 Å². The van der Waals surface area contributed by atoms with Crippen molar-refractivity contribution in [1.82, 2.24) is 0 Å². The number of hydrogen-bond donors (Lipinski definition) is 6. The van der Waals surface area contributed by atoms with Gasteiger partial charge in [-0.1, -0.05) is 6.92 Å². The van der Waals surface area contributed by atoms with Crippen LogP contribution in [0.1, 0.15) is 13.3 Å². The molecule has 0 aliphatic rings. The molecule has 3 atom stereocenters. The van der Waals surface area contributed by atoms with E-state index in [4.69, 9.17) is 30.6 Å². The standard InChI is InChI=1S/C8H14O9/c1-2-3(8(14,15)16)17-7(13)5(10)4(9)6(11)12/h3-5,9-10,14-16H,2H2,1H3,(H,11,12). The summed E-state index contributed by atoms with van der Waals surface area (Å²) in [6.45, 7) is 1.33. The van der Waals surface area contributed by atoms with E-state index in [0.717, 1.165) is 0 Å². The first kappa shape index (κ1) is 15.7. The SMILES string of the molecule is CCC(OC(=O)C(O)C(O)C(=O)O)C(O)(O)O. The lowest BCUT2D eigenvalue weighted by Crippen LogP contribution is -2.48. The Kier molecular flexibility index (Phi) is 5.45. The van der Waals surface area contributed by atoms with Gasteiger partial charge in [0.2, 0.25) is 0 Å². The van der Waals surface area contributed by atoms with E-state index in [2.05, 4.69) is 4.74 Å². The molecule has 0 amide bonds. The highest BCUT2D eigenvalue weighted by Crippen LogP contribution is 2.12. The van der Waals surface area contributed by atoms with Gasteiger partial charge in [0.25, 0.3) is 0 Å². The molecule has 0 saturated carbocycles. The molecule has 0 heterocycles. The van der Waals surface area contributed by atoms with Gasteiger partial charge < -0.3 is 35.4 Å². The first-order valence-corrected chi connectivity index (χ1v) is 4.57. The van der Waals surface area contributed by atoms with Crippen LogP contribution in [0, 0.1) is 0 Å². The Bertz CT molecular complexity index is 281. The zero-order valence-corrected chi connectivity index (χ0v) is 8.85. The van der Waals surface area contributed by atoms with Crippen molar-refractivity contribution >= 4 is 11.9 Å². The van der Waals surface area contributed by atoms with Crippen molar-refractivity contribution in [3.05, 3.63) is 0 Å². The quantitative estimate of drug-likeness (QED) is 0.211. The topological polar surface area (TPSA) is 165 Å². The Morgan fingerprint density at radius 3 is 1.94 bits per heavy atom. The van der Waals surface area contributed by atoms with E-state index in [0.29, 0.717) is 0 Å². The number of aliphatic carboxylic acids is 1. The zero-order valence-electron chi connectivity index (χ0n) is 8.85. The van der Waals surface area contributed by atoms with Crippen molar-refractivity contribution in [2.24, 2.45) is 0 Å². The van der Waals surface area contributed by atoms with Gasteiger partial charge in [-0.3, -0.25) is 0 Å². The maximum absolute atomic E-state index is 11.1. The Hall–Kier alpha value is -1.26.